The fraction of sp³-hybridized carbons (Fsp3) is 0.421. The van der Waals surface area contributed by atoms with E-state index in [9.17, 15) is 14.4 Å². The monoisotopic (exact) mass is 406 g/mol. The van der Waals surface area contributed by atoms with Gasteiger partial charge in [-0.2, -0.15) is 5.01 Å². The second-order valence-electron chi connectivity index (χ2n) is 7.63. The predicted octanol–water partition coefficient (Wildman–Crippen LogP) is 2.60. The Balaban J connectivity index is 1.25. The van der Waals surface area contributed by atoms with Crippen molar-refractivity contribution in [3.05, 3.63) is 40.4 Å². The fourth-order valence-corrected chi connectivity index (χ4v) is 5.54. The van der Waals surface area contributed by atoms with Crippen LogP contribution in [0.1, 0.15) is 12.8 Å². The molecule has 0 aromatic heterocycles. The van der Waals surface area contributed by atoms with Gasteiger partial charge in [-0.25, -0.2) is 0 Å². The topological polar surface area (TPSA) is 75.7 Å². The van der Waals surface area contributed by atoms with E-state index in [2.05, 4.69) is 17.6 Å². The van der Waals surface area contributed by atoms with E-state index in [4.69, 9.17) is 27.9 Å². The van der Waals surface area contributed by atoms with Crippen molar-refractivity contribution < 1.29 is 19.1 Å². The van der Waals surface area contributed by atoms with Crippen molar-refractivity contribution in [2.24, 2.45) is 29.1 Å². The van der Waals surface area contributed by atoms with Crippen molar-refractivity contribution in [1.29, 1.82) is 0 Å². The summed E-state index contributed by atoms with van der Waals surface area (Å²) in [7, 11) is 0. The van der Waals surface area contributed by atoms with Crippen LogP contribution in [0, 0.1) is 29.1 Å². The maximum atomic E-state index is 12.8. The van der Waals surface area contributed by atoms with E-state index < -0.39 is 5.91 Å². The summed E-state index contributed by atoms with van der Waals surface area (Å²) in [5, 5.41) is 1.61. The minimum Gasteiger partial charge on any atom is -0.482 e. The summed E-state index contributed by atoms with van der Waals surface area (Å²) in [5.74, 6) is -1.37. The third kappa shape index (κ3) is 2.36. The summed E-state index contributed by atoms with van der Waals surface area (Å²) in [4.78, 5) is 37.8. The summed E-state index contributed by atoms with van der Waals surface area (Å²) >= 11 is 11.8. The molecule has 4 aliphatic rings. The average Bonchev–Trinajstić information content (AvgIpc) is 3.24. The molecule has 1 aliphatic heterocycles. The first-order valence-electron chi connectivity index (χ1n) is 8.86. The van der Waals surface area contributed by atoms with Crippen LogP contribution in [0.2, 0.25) is 10.0 Å². The number of carbonyl (C=O) groups is 3. The Morgan fingerprint density at radius 1 is 1.15 bits per heavy atom. The van der Waals surface area contributed by atoms with Crippen molar-refractivity contribution >= 4 is 40.9 Å². The zero-order valence-corrected chi connectivity index (χ0v) is 15.7. The molecule has 8 heteroatoms. The summed E-state index contributed by atoms with van der Waals surface area (Å²) < 4.78 is 5.36. The van der Waals surface area contributed by atoms with Gasteiger partial charge in [0.05, 0.1) is 16.9 Å². The molecule has 2 saturated carbocycles. The number of amides is 3. The van der Waals surface area contributed by atoms with Crippen LogP contribution in [0.4, 0.5) is 0 Å². The van der Waals surface area contributed by atoms with E-state index in [0.29, 0.717) is 10.8 Å². The van der Waals surface area contributed by atoms with Gasteiger partial charge in [-0.15, -0.1) is 0 Å². The number of nitrogens with zero attached hydrogens (tertiary/aromatic N) is 1. The first-order chi connectivity index (χ1) is 12.9. The van der Waals surface area contributed by atoms with Gasteiger partial charge < -0.3 is 4.74 Å². The highest BCUT2D eigenvalue weighted by atomic mass is 35.5. The van der Waals surface area contributed by atoms with Crippen LogP contribution in [0.15, 0.2) is 30.4 Å². The number of allylic oxidation sites excluding steroid dienone is 2. The van der Waals surface area contributed by atoms with E-state index in [1.807, 2.05) is 0 Å². The fourth-order valence-electron chi connectivity index (χ4n) is 5.08. The Hall–Kier alpha value is -2.05. The number of halogens is 2. The van der Waals surface area contributed by atoms with Gasteiger partial charge in [0.1, 0.15) is 5.75 Å². The highest BCUT2D eigenvalue weighted by Crippen LogP contribution is 2.73. The Labute approximate surface area is 165 Å². The number of hydrogen-bond acceptors (Lipinski definition) is 4. The maximum absolute atomic E-state index is 12.8. The van der Waals surface area contributed by atoms with Gasteiger partial charge in [0.15, 0.2) is 6.61 Å². The lowest BCUT2D eigenvalue weighted by atomic mass is 9.85. The van der Waals surface area contributed by atoms with Crippen molar-refractivity contribution in [3.8, 4) is 5.75 Å². The van der Waals surface area contributed by atoms with Crippen LogP contribution < -0.4 is 10.2 Å². The minimum absolute atomic E-state index is 0.120. The first kappa shape index (κ1) is 17.1. The van der Waals surface area contributed by atoms with Crippen molar-refractivity contribution in [2.45, 2.75) is 12.8 Å². The normalized spacial score (nSPS) is 31.6. The molecular weight excluding hydrogens is 391 g/mol. The van der Waals surface area contributed by atoms with Crippen molar-refractivity contribution in [2.75, 3.05) is 6.61 Å². The molecular formula is C19H16Cl2N2O4. The van der Waals surface area contributed by atoms with Crippen molar-refractivity contribution in [3.63, 3.8) is 0 Å². The van der Waals surface area contributed by atoms with Gasteiger partial charge in [-0.1, -0.05) is 35.4 Å². The Morgan fingerprint density at radius 2 is 1.78 bits per heavy atom. The zero-order valence-electron chi connectivity index (χ0n) is 14.2. The Morgan fingerprint density at radius 3 is 2.33 bits per heavy atom. The van der Waals surface area contributed by atoms with Crippen LogP contribution in [0.25, 0.3) is 0 Å². The summed E-state index contributed by atoms with van der Waals surface area (Å²) in [6.45, 7) is -0.372. The molecule has 0 radical (unpaired) electrons. The van der Waals surface area contributed by atoms with E-state index in [1.165, 1.54) is 6.07 Å². The van der Waals surface area contributed by atoms with E-state index in [-0.39, 0.29) is 52.5 Å². The molecule has 1 N–H and O–H groups in total. The molecule has 5 rings (SSSR count). The average molecular weight is 407 g/mol. The SMILES string of the molecule is O=C(COc1ccc(Cl)cc1Cl)NN1C(=O)[C@@H]2[C@H](C1=O)[C@@H]1C=C[C@H]2C12CC2. The third-order valence-electron chi connectivity index (χ3n) is 6.34. The van der Waals surface area contributed by atoms with Gasteiger partial charge in [-0.3, -0.25) is 19.8 Å². The summed E-state index contributed by atoms with van der Waals surface area (Å²) in [5.41, 5.74) is 2.53. The molecule has 2 bridgehead atoms. The molecule has 0 unspecified atom stereocenters. The highest BCUT2D eigenvalue weighted by molar-refractivity contribution is 6.35. The summed E-state index contributed by atoms with van der Waals surface area (Å²) in [6.07, 6.45) is 6.32. The number of nitrogens with one attached hydrogen (secondary N) is 1. The number of hydrogen-bond donors (Lipinski definition) is 1. The number of benzene rings is 1. The van der Waals surface area contributed by atoms with Gasteiger partial charge >= 0.3 is 0 Å². The van der Waals surface area contributed by atoms with Crippen LogP contribution in [-0.2, 0) is 14.4 Å². The maximum Gasteiger partial charge on any atom is 0.276 e. The van der Waals surface area contributed by atoms with Crippen LogP contribution in [0.3, 0.4) is 0 Å². The molecule has 1 saturated heterocycles. The largest absolute Gasteiger partial charge is 0.482 e. The first-order valence-corrected chi connectivity index (χ1v) is 9.61. The van der Waals surface area contributed by atoms with E-state index in [1.54, 1.807) is 12.1 Å². The highest BCUT2D eigenvalue weighted by Gasteiger charge is 2.73. The zero-order chi connectivity index (χ0) is 18.9. The standard InChI is InChI=1S/C19H16Cl2N2O4/c20-9-1-4-13(12(21)7-9)27-8-14(24)22-23-17(25)15-10-2-3-11(16(15)18(23)26)19(10)5-6-19/h1-4,7,10-11,15-16H,5-6,8H2,(H,22,24)/t10-,11+,15+,16-. The molecule has 3 aliphatic carbocycles. The molecule has 3 fully saturated rings. The lowest BCUT2D eigenvalue weighted by molar-refractivity contribution is -0.150. The predicted molar refractivity (Wildman–Crippen MR) is 96.7 cm³/mol. The Kier molecular flexibility index (Phi) is 3.62. The second kappa shape index (κ2) is 5.72. The van der Waals surface area contributed by atoms with E-state index in [0.717, 1.165) is 17.9 Å². The smallest absolute Gasteiger partial charge is 0.276 e. The second-order valence-corrected chi connectivity index (χ2v) is 8.48. The van der Waals surface area contributed by atoms with Gasteiger partial charge in [0.25, 0.3) is 17.7 Å². The van der Waals surface area contributed by atoms with Crippen LogP contribution in [-0.4, -0.2) is 29.3 Å². The summed E-state index contributed by atoms with van der Waals surface area (Å²) in [6, 6.07) is 4.64. The van der Waals surface area contributed by atoms with Gasteiger partial charge in [0.2, 0.25) is 0 Å². The number of ether oxygens (including phenoxy) is 1. The molecule has 1 aromatic carbocycles. The lowest BCUT2D eigenvalue weighted by Crippen LogP contribution is -2.49. The van der Waals surface area contributed by atoms with E-state index >= 15 is 0 Å². The molecule has 1 spiro atoms. The van der Waals surface area contributed by atoms with Gasteiger partial charge in [0, 0.05) is 5.02 Å². The molecule has 4 atom stereocenters. The molecule has 3 amide bonds. The number of carbonyl (C=O) groups excluding carboxylic acids is 3. The minimum atomic E-state index is -0.593. The quantitative estimate of drug-likeness (QED) is 0.615. The van der Waals surface area contributed by atoms with Crippen LogP contribution in [0.5, 0.6) is 5.75 Å². The molecule has 6 nitrogen and oxygen atoms in total. The number of rotatable bonds is 4. The van der Waals surface area contributed by atoms with Crippen molar-refractivity contribution in [1.82, 2.24) is 10.4 Å². The molecule has 27 heavy (non-hydrogen) atoms. The Bertz CT molecular complexity index is 877. The molecule has 140 valence electrons. The molecule has 1 heterocycles. The molecule has 1 aromatic rings. The third-order valence-corrected chi connectivity index (χ3v) is 6.87. The number of fused-ring (bicyclic) bond motifs is 3. The lowest BCUT2D eigenvalue weighted by Gasteiger charge is -2.22. The number of hydrazine groups is 1. The van der Waals surface area contributed by atoms with Gasteiger partial charge in [-0.05, 0) is 48.3 Å². The number of imide groups is 1. The van der Waals surface area contributed by atoms with Crippen LogP contribution >= 0.6 is 23.2 Å².